The van der Waals surface area contributed by atoms with Gasteiger partial charge in [0.05, 0.1) is 25.7 Å². The SMILES string of the molecule is CCOC(=O)CCN1C2CCCC1CC(NC(=O)c1ccc(NC(C)=O)cc1OC)C2. The van der Waals surface area contributed by atoms with Crippen molar-refractivity contribution >= 4 is 23.5 Å². The van der Waals surface area contributed by atoms with Crippen molar-refractivity contribution in [3.05, 3.63) is 23.8 Å². The fourth-order valence-electron chi connectivity index (χ4n) is 4.84. The van der Waals surface area contributed by atoms with Crippen LogP contribution in [0.5, 0.6) is 5.75 Å². The number of anilines is 1. The number of hydrogen-bond donors (Lipinski definition) is 2. The standard InChI is InChI=1S/C23H33N3O5/c1-4-31-22(28)10-11-26-18-6-5-7-19(26)13-17(12-18)25-23(29)20-9-8-16(24-15(2)27)14-21(20)30-3/h8-9,14,17-19H,4-7,10-13H2,1-3H3,(H,24,27)(H,25,29). The first-order chi connectivity index (χ1) is 14.9. The van der Waals surface area contributed by atoms with Gasteiger partial charge in [-0.2, -0.15) is 0 Å². The summed E-state index contributed by atoms with van der Waals surface area (Å²) in [6.45, 7) is 4.38. The monoisotopic (exact) mass is 431 g/mol. The molecule has 2 fully saturated rings. The molecule has 2 amide bonds. The Balaban J connectivity index is 1.62. The summed E-state index contributed by atoms with van der Waals surface area (Å²) in [5.74, 6) is -0.0728. The highest BCUT2D eigenvalue weighted by Gasteiger charge is 2.38. The van der Waals surface area contributed by atoms with Gasteiger partial charge in [0.15, 0.2) is 0 Å². The van der Waals surface area contributed by atoms with Crippen LogP contribution in [0.1, 0.15) is 62.7 Å². The number of ether oxygens (including phenoxy) is 2. The number of rotatable bonds is 8. The zero-order chi connectivity index (χ0) is 22.4. The van der Waals surface area contributed by atoms with Gasteiger partial charge in [-0.3, -0.25) is 19.3 Å². The maximum atomic E-state index is 13.0. The van der Waals surface area contributed by atoms with Gasteiger partial charge in [-0.15, -0.1) is 0 Å². The summed E-state index contributed by atoms with van der Waals surface area (Å²) in [4.78, 5) is 38.4. The number of piperidine rings is 2. The third kappa shape index (κ3) is 5.97. The summed E-state index contributed by atoms with van der Waals surface area (Å²) in [6, 6.07) is 5.86. The van der Waals surface area contributed by atoms with Crippen molar-refractivity contribution in [2.75, 3.05) is 25.6 Å². The molecule has 2 heterocycles. The summed E-state index contributed by atoms with van der Waals surface area (Å²) < 4.78 is 10.5. The molecule has 1 aromatic rings. The maximum absolute atomic E-state index is 13.0. The van der Waals surface area contributed by atoms with Crippen LogP contribution in [0.2, 0.25) is 0 Å². The Bertz CT molecular complexity index is 798. The van der Waals surface area contributed by atoms with Crippen molar-refractivity contribution < 1.29 is 23.9 Å². The number of fused-ring (bicyclic) bond motifs is 2. The fourth-order valence-corrected chi connectivity index (χ4v) is 4.84. The second kappa shape index (κ2) is 10.6. The van der Waals surface area contributed by atoms with E-state index in [4.69, 9.17) is 9.47 Å². The molecular weight excluding hydrogens is 398 g/mol. The predicted molar refractivity (Wildman–Crippen MR) is 117 cm³/mol. The highest BCUT2D eigenvalue weighted by Crippen LogP contribution is 2.34. The van der Waals surface area contributed by atoms with E-state index < -0.39 is 0 Å². The summed E-state index contributed by atoms with van der Waals surface area (Å²) >= 11 is 0. The molecule has 2 bridgehead atoms. The van der Waals surface area contributed by atoms with Crippen LogP contribution in [0, 0.1) is 0 Å². The second-order valence-corrected chi connectivity index (χ2v) is 8.27. The van der Waals surface area contributed by atoms with Gasteiger partial charge < -0.3 is 20.1 Å². The van der Waals surface area contributed by atoms with Crippen molar-refractivity contribution in [2.24, 2.45) is 0 Å². The zero-order valence-electron chi connectivity index (χ0n) is 18.6. The summed E-state index contributed by atoms with van der Waals surface area (Å²) in [5, 5.41) is 5.88. The molecule has 0 radical (unpaired) electrons. The van der Waals surface area contributed by atoms with Crippen molar-refractivity contribution in [1.29, 1.82) is 0 Å². The topological polar surface area (TPSA) is 97.0 Å². The van der Waals surface area contributed by atoms with Crippen molar-refractivity contribution in [3.63, 3.8) is 0 Å². The van der Waals surface area contributed by atoms with Gasteiger partial charge >= 0.3 is 5.97 Å². The minimum atomic E-state index is -0.180. The first kappa shape index (κ1) is 23.1. The van der Waals surface area contributed by atoms with E-state index >= 15 is 0 Å². The molecule has 170 valence electrons. The van der Waals surface area contributed by atoms with Crippen LogP contribution in [-0.2, 0) is 14.3 Å². The Kier molecular flexibility index (Phi) is 7.90. The molecule has 2 aliphatic heterocycles. The number of nitrogens with zero attached hydrogens (tertiary/aromatic N) is 1. The van der Waals surface area contributed by atoms with Gasteiger partial charge in [-0.05, 0) is 44.7 Å². The van der Waals surface area contributed by atoms with E-state index in [9.17, 15) is 14.4 Å². The minimum absolute atomic E-state index is 0.0846. The number of methoxy groups -OCH3 is 1. The Morgan fingerprint density at radius 1 is 1.16 bits per heavy atom. The van der Waals surface area contributed by atoms with E-state index in [1.165, 1.54) is 20.5 Å². The van der Waals surface area contributed by atoms with Gasteiger partial charge in [-0.1, -0.05) is 6.42 Å². The molecule has 2 saturated heterocycles. The second-order valence-electron chi connectivity index (χ2n) is 8.27. The van der Waals surface area contributed by atoms with Crippen LogP contribution >= 0.6 is 0 Å². The zero-order valence-corrected chi connectivity index (χ0v) is 18.6. The van der Waals surface area contributed by atoms with Crippen LogP contribution in [0.25, 0.3) is 0 Å². The molecule has 2 aliphatic rings. The number of esters is 1. The quantitative estimate of drug-likeness (QED) is 0.615. The number of hydrogen-bond acceptors (Lipinski definition) is 6. The van der Waals surface area contributed by atoms with Gasteiger partial charge in [0.25, 0.3) is 5.91 Å². The van der Waals surface area contributed by atoms with Crippen LogP contribution in [0.15, 0.2) is 18.2 Å². The third-order valence-electron chi connectivity index (χ3n) is 6.11. The number of carbonyl (C=O) groups excluding carboxylic acids is 3. The van der Waals surface area contributed by atoms with Crippen LogP contribution in [0.3, 0.4) is 0 Å². The van der Waals surface area contributed by atoms with Crippen LogP contribution < -0.4 is 15.4 Å². The van der Waals surface area contributed by atoms with Crippen molar-refractivity contribution in [2.45, 2.75) is 70.5 Å². The lowest BCUT2D eigenvalue weighted by atomic mass is 9.81. The van der Waals surface area contributed by atoms with Gasteiger partial charge in [0.1, 0.15) is 5.75 Å². The normalized spacial score (nSPS) is 23.0. The van der Waals surface area contributed by atoms with E-state index in [1.54, 1.807) is 18.2 Å². The molecule has 8 nitrogen and oxygen atoms in total. The highest BCUT2D eigenvalue weighted by molar-refractivity contribution is 5.98. The average molecular weight is 432 g/mol. The first-order valence-corrected chi connectivity index (χ1v) is 11.1. The van der Waals surface area contributed by atoms with E-state index in [-0.39, 0.29) is 23.8 Å². The van der Waals surface area contributed by atoms with Crippen LogP contribution in [0.4, 0.5) is 5.69 Å². The van der Waals surface area contributed by atoms with E-state index in [2.05, 4.69) is 15.5 Å². The molecule has 0 spiro atoms. The molecule has 31 heavy (non-hydrogen) atoms. The lowest BCUT2D eigenvalue weighted by Gasteiger charge is -2.49. The number of benzene rings is 1. The summed E-state index contributed by atoms with van der Waals surface area (Å²) in [5.41, 5.74) is 1.04. The molecule has 8 heteroatoms. The number of nitrogens with one attached hydrogen (secondary N) is 2. The van der Waals surface area contributed by atoms with E-state index in [1.807, 2.05) is 6.92 Å². The predicted octanol–water partition coefficient (Wildman–Crippen LogP) is 2.72. The highest BCUT2D eigenvalue weighted by atomic mass is 16.5. The van der Waals surface area contributed by atoms with Crippen LogP contribution in [-0.4, -0.2) is 61.1 Å². The molecule has 3 rings (SSSR count). The molecular formula is C23H33N3O5. The summed E-state index contributed by atoms with van der Waals surface area (Å²) in [7, 11) is 1.51. The Morgan fingerprint density at radius 3 is 2.48 bits per heavy atom. The van der Waals surface area contributed by atoms with Crippen molar-refractivity contribution in [1.82, 2.24) is 10.2 Å². The van der Waals surface area contributed by atoms with Crippen molar-refractivity contribution in [3.8, 4) is 5.75 Å². The lowest BCUT2D eigenvalue weighted by Crippen LogP contribution is -2.57. The first-order valence-electron chi connectivity index (χ1n) is 11.1. The molecule has 0 aromatic heterocycles. The number of carbonyl (C=O) groups is 3. The fraction of sp³-hybridized carbons (Fsp3) is 0.609. The lowest BCUT2D eigenvalue weighted by molar-refractivity contribution is -0.144. The number of amides is 2. The van der Waals surface area contributed by atoms with Gasteiger partial charge in [0.2, 0.25) is 5.91 Å². The average Bonchev–Trinajstić information content (AvgIpc) is 2.71. The largest absolute Gasteiger partial charge is 0.496 e. The van der Waals surface area contributed by atoms with E-state index in [0.29, 0.717) is 48.7 Å². The molecule has 2 N–H and O–H groups in total. The minimum Gasteiger partial charge on any atom is -0.496 e. The molecule has 0 saturated carbocycles. The van der Waals surface area contributed by atoms with Gasteiger partial charge in [0, 0.05) is 43.3 Å². The molecule has 1 aromatic carbocycles. The smallest absolute Gasteiger partial charge is 0.307 e. The van der Waals surface area contributed by atoms with Gasteiger partial charge in [-0.25, -0.2) is 0 Å². The molecule has 0 aliphatic carbocycles. The molecule has 2 unspecified atom stereocenters. The summed E-state index contributed by atoms with van der Waals surface area (Å²) in [6.07, 6.45) is 5.51. The van der Waals surface area contributed by atoms with E-state index in [0.717, 1.165) is 25.7 Å². The Hall–Kier alpha value is -2.61. The Labute approximate surface area is 183 Å². The maximum Gasteiger partial charge on any atom is 0.307 e. The molecule has 2 atom stereocenters. The third-order valence-corrected chi connectivity index (χ3v) is 6.11. The Morgan fingerprint density at radius 2 is 1.87 bits per heavy atom.